The van der Waals surface area contributed by atoms with Crippen LogP contribution >= 0.6 is 11.6 Å². The van der Waals surface area contributed by atoms with E-state index in [-0.39, 0.29) is 22.7 Å². The van der Waals surface area contributed by atoms with Gasteiger partial charge in [-0.25, -0.2) is 9.37 Å². The van der Waals surface area contributed by atoms with Crippen molar-refractivity contribution in [1.82, 2.24) is 14.5 Å². The topological polar surface area (TPSA) is 81.5 Å². The summed E-state index contributed by atoms with van der Waals surface area (Å²) in [5.41, 5.74) is 0.279. The first-order valence-electron chi connectivity index (χ1n) is 10.9. The quantitative estimate of drug-likeness (QED) is 0.260. The van der Waals surface area contributed by atoms with Crippen LogP contribution in [0.15, 0.2) is 61.2 Å². The van der Waals surface area contributed by atoms with E-state index >= 15 is 0 Å². The monoisotopic (exact) mass is 483 g/mol. The highest BCUT2D eigenvalue weighted by molar-refractivity contribution is 6.44. The summed E-state index contributed by atoms with van der Waals surface area (Å²) in [6, 6.07) is 9.28. The maximum Gasteiger partial charge on any atom is 0.291 e. The Hall–Kier alpha value is -3.52. The van der Waals surface area contributed by atoms with Crippen LogP contribution in [0.2, 0.25) is 5.02 Å². The predicted molar refractivity (Wildman–Crippen MR) is 123 cm³/mol. The van der Waals surface area contributed by atoms with Gasteiger partial charge in [-0.05, 0) is 37.6 Å². The first-order valence-corrected chi connectivity index (χ1v) is 11.3. The van der Waals surface area contributed by atoms with Crippen LogP contribution in [-0.2, 0) is 16.1 Å². The average Bonchev–Trinajstić information content (AvgIpc) is 3.43. The number of Topliss-reactive ketones (excluding diaryl/α,β-unsaturated/α-hetero) is 2. The number of hydrogen-bond donors (Lipinski definition) is 0. The van der Waals surface area contributed by atoms with E-state index in [1.807, 2.05) is 4.57 Å². The zero-order valence-corrected chi connectivity index (χ0v) is 19.2. The van der Waals surface area contributed by atoms with E-state index < -0.39 is 35.3 Å². The second kappa shape index (κ2) is 10.2. The van der Waals surface area contributed by atoms with Gasteiger partial charge in [0, 0.05) is 36.6 Å². The molecule has 2 aromatic carbocycles. The number of benzene rings is 2. The standard InChI is InChI=1S/C25H23ClFN3O4/c1-2-34-20-9-8-16(14-18(20)26)23(31)21-22(17-6-3-4-7-19(17)27)30(25(33)24(21)32)12-5-11-29-13-10-28-15-29/h3-4,6-10,13-15,21-22H,2,5,11-12H2,1H3. The summed E-state index contributed by atoms with van der Waals surface area (Å²) in [6.45, 7) is 2.93. The summed E-state index contributed by atoms with van der Waals surface area (Å²) in [4.78, 5) is 44.8. The smallest absolute Gasteiger partial charge is 0.291 e. The maximum absolute atomic E-state index is 14.8. The van der Waals surface area contributed by atoms with Gasteiger partial charge in [-0.3, -0.25) is 14.4 Å². The molecule has 1 aliphatic rings. The first kappa shape index (κ1) is 23.6. The third-order valence-electron chi connectivity index (χ3n) is 5.80. The normalized spacial score (nSPS) is 17.9. The molecule has 1 aromatic heterocycles. The van der Waals surface area contributed by atoms with Gasteiger partial charge in [0.2, 0.25) is 5.78 Å². The van der Waals surface area contributed by atoms with Crippen LogP contribution in [0, 0.1) is 11.7 Å². The van der Waals surface area contributed by atoms with E-state index in [1.165, 1.54) is 35.2 Å². The SMILES string of the molecule is CCOc1ccc(C(=O)C2C(=O)C(=O)N(CCCn3ccnc3)C2c2ccccc2F)cc1Cl. The zero-order valence-electron chi connectivity index (χ0n) is 18.5. The van der Waals surface area contributed by atoms with Crippen molar-refractivity contribution < 1.29 is 23.5 Å². The number of amides is 1. The summed E-state index contributed by atoms with van der Waals surface area (Å²) < 4.78 is 22.1. The fourth-order valence-corrected chi connectivity index (χ4v) is 4.47. The Morgan fingerprint density at radius 3 is 2.65 bits per heavy atom. The van der Waals surface area contributed by atoms with E-state index in [0.717, 1.165) is 0 Å². The molecule has 0 saturated carbocycles. The molecule has 9 heteroatoms. The van der Waals surface area contributed by atoms with Crippen LogP contribution in [0.1, 0.15) is 35.3 Å². The summed E-state index contributed by atoms with van der Waals surface area (Å²) >= 11 is 6.24. The van der Waals surface area contributed by atoms with Gasteiger partial charge in [0.25, 0.3) is 5.91 Å². The van der Waals surface area contributed by atoms with Gasteiger partial charge in [0.05, 0.1) is 24.0 Å². The number of rotatable bonds is 9. The van der Waals surface area contributed by atoms with Gasteiger partial charge in [-0.2, -0.15) is 0 Å². The van der Waals surface area contributed by atoms with E-state index in [1.54, 1.807) is 37.8 Å². The lowest BCUT2D eigenvalue weighted by atomic mass is 9.86. The van der Waals surface area contributed by atoms with Gasteiger partial charge < -0.3 is 14.2 Å². The molecule has 1 aliphatic heterocycles. The van der Waals surface area contributed by atoms with Crippen molar-refractivity contribution in [1.29, 1.82) is 0 Å². The van der Waals surface area contributed by atoms with Crippen molar-refractivity contribution in [3.63, 3.8) is 0 Å². The highest BCUT2D eigenvalue weighted by Gasteiger charge is 2.52. The fraction of sp³-hybridized carbons (Fsp3) is 0.280. The zero-order chi connectivity index (χ0) is 24.2. The van der Waals surface area contributed by atoms with E-state index in [0.29, 0.717) is 25.3 Å². The van der Waals surface area contributed by atoms with Crippen molar-refractivity contribution in [3.05, 3.63) is 83.2 Å². The second-order valence-electron chi connectivity index (χ2n) is 7.90. The fourth-order valence-electron chi connectivity index (χ4n) is 4.24. The minimum absolute atomic E-state index is 0.125. The molecule has 3 aromatic rings. The molecule has 2 atom stereocenters. The van der Waals surface area contributed by atoms with Crippen LogP contribution in [-0.4, -0.2) is 45.1 Å². The minimum atomic E-state index is -1.38. The largest absolute Gasteiger partial charge is 0.492 e. The predicted octanol–water partition coefficient (Wildman–Crippen LogP) is 4.12. The number of imidazole rings is 1. The number of ether oxygens (including phenoxy) is 1. The molecule has 1 saturated heterocycles. The number of aromatic nitrogens is 2. The summed E-state index contributed by atoms with van der Waals surface area (Å²) in [5, 5.41) is 0.212. The number of halogens is 2. The molecule has 176 valence electrons. The molecule has 7 nitrogen and oxygen atoms in total. The van der Waals surface area contributed by atoms with Gasteiger partial charge in [0.1, 0.15) is 17.5 Å². The molecule has 2 heterocycles. The number of hydrogen-bond acceptors (Lipinski definition) is 5. The summed E-state index contributed by atoms with van der Waals surface area (Å²) in [7, 11) is 0. The molecular formula is C25H23ClFN3O4. The molecule has 34 heavy (non-hydrogen) atoms. The van der Waals surface area contributed by atoms with Crippen molar-refractivity contribution in [2.45, 2.75) is 25.9 Å². The van der Waals surface area contributed by atoms with Gasteiger partial charge in [0.15, 0.2) is 5.78 Å². The molecule has 0 aliphatic carbocycles. The number of likely N-dealkylation sites (tertiary alicyclic amines) is 1. The van der Waals surface area contributed by atoms with E-state index in [4.69, 9.17) is 16.3 Å². The highest BCUT2D eigenvalue weighted by Crippen LogP contribution is 2.40. The third kappa shape index (κ3) is 4.59. The van der Waals surface area contributed by atoms with Gasteiger partial charge >= 0.3 is 0 Å². The van der Waals surface area contributed by atoms with Crippen LogP contribution < -0.4 is 4.74 Å². The number of carbonyl (C=O) groups is 3. The molecule has 2 unspecified atom stereocenters. The van der Waals surface area contributed by atoms with E-state index in [2.05, 4.69) is 4.98 Å². The Balaban J connectivity index is 1.67. The first-order chi connectivity index (χ1) is 16.4. The molecule has 4 rings (SSSR count). The number of nitrogens with zero attached hydrogens (tertiary/aromatic N) is 3. The Labute approximate surface area is 201 Å². The molecular weight excluding hydrogens is 461 g/mol. The number of ketones is 2. The third-order valence-corrected chi connectivity index (χ3v) is 6.10. The average molecular weight is 484 g/mol. The Kier molecular flexibility index (Phi) is 7.07. The lowest BCUT2D eigenvalue weighted by Crippen LogP contribution is -2.32. The van der Waals surface area contributed by atoms with Crippen molar-refractivity contribution in [2.24, 2.45) is 5.92 Å². The molecule has 0 N–H and O–H groups in total. The Morgan fingerprint density at radius 2 is 1.97 bits per heavy atom. The van der Waals surface area contributed by atoms with Crippen LogP contribution in [0.4, 0.5) is 4.39 Å². The Bertz CT molecular complexity index is 1210. The summed E-state index contributed by atoms with van der Waals surface area (Å²) in [6.07, 6.45) is 5.57. The van der Waals surface area contributed by atoms with E-state index in [9.17, 15) is 18.8 Å². The summed E-state index contributed by atoms with van der Waals surface area (Å²) in [5.74, 6) is -3.81. The second-order valence-corrected chi connectivity index (χ2v) is 8.31. The highest BCUT2D eigenvalue weighted by atomic mass is 35.5. The van der Waals surface area contributed by atoms with Crippen LogP contribution in [0.5, 0.6) is 5.75 Å². The van der Waals surface area contributed by atoms with Crippen LogP contribution in [0.25, 0.3) is 0 Å². The molecule has 0 radical (unpaired) electrons. The van der Waals surface area contributed by atoms with Gasteiger partial charge in [-0.1, -0.05) is 29.8 Å². The number of aryl methyl sites for hydroxylation is 1. The minimum Gasteiger partial charge on any atom is -0.492 e. The maximum atomic E-state index is 14.8. The molecule has 1 amide bonds. The van der Waals surface area contributed by atoms with Crippen LogP contribution in [0.3, 0.4) is 0 Å². The van der Waals surface area contributed by atoms with Gasteiger partial charge in [-0.15, -0.1) is 0 Å². The number of carbonyl (C=O) groups excluding carboxylic acids is 3. The Morgan fingerprint density at radius 1 is 1.18 bits per heavy atom. The molecule has 1 fully saturated rings. The lowest BCUT2D eigenvalue weighted by molar-refractivity contribution is -0.140. The lowest BCUT2D eigenvalue weighted by Gasteiger charge is -2.27. The van der Waals surface area contributed by atoms with Crippen molar-refractivity contribution >= 4 is 29.1 Å². The van der Waals surface area contributed by atoms with Crippen molar-refractivity contribution in [2.75, 3.05) is 13.2 Å². The molecule has 0 bridgehead atoms. The molecule has 0 spiro atoms. The van der Waals surface area contributed by atoms with Crippen molar-refractivity contribution in [3.8, 4) is 5.75 Å².